The molecule has 4 atom stereocenters. The first kappa shape index (κ1) is 22.1. The van der Waals surface area contributed by atoms with Crippen molar-refractivity contribution in [2.24, 2.45) is 11.8 Å². The summed E-state index contributed by atoms with van der Waals surface area (Å²) >= 11 is 6.12. The van der Waals surface area contributed by atoms with Crippen LogP contribution in [0.25, 0.3) is 0 Å². The van der Waals surface area contributed by atoms with Crippen molar-refractivity contribution < 1.29 is 14.3 Å². The normalized spacial score (nSPS) is 29.0. The summed E-state index contributed by atoms with van der Waals surface area (Å²) < 4.78 is 11.5. The van der Waals surface area contributed by atoms with Crippen LogP contribution in [0.15, 0.2) is 42.5 Å². The maximum Gasteiger partial charge on any atom is 0.225 e. The van der Waals surface area contributed by atoms with Crippen molar-refractivity contribution in [1.82, 2.24) is 10.2 Å². The third-order valence-corrected chi connectivity index (χ3v) is 8.20. The molecule has 3 saturated heterocycles. The Bertz CT molecular complexity index is 1040. The van der Waals surface area contributed by atoms with Gasteiger partial charge in [-0.1, -0.05) is 24.1 Å². The number of nitrogens with zero attached hydrogens (tertiary/aromatic N) is 2. The molecule has 2 aromatic carbocycles. The van der Waals surface area contributed by atoms with Crippen LogP contribution in [0.3, 0.4) is 0 Å². The van der Waals surface area contributed by atoms with Crippen molar-refractivity contribution in [1.29, 1.82) is 0 Å². The summed E-state index contributed by atoms with van der Waals surface area (Å²) in [7, 11) is 0. The Morgan fingerprint density at radius 3 is 2.50 bits per heavy atom. The molecule has 180 valence electrons. The number of anilines is 1. The third kappa shape index (κ3) is 4.22. The maximum absolute atomic E-state index is 13.3. The van der Waals surface area contributed by atoms with Crippen LogP contribution in [-0.2, 0) is 11.2 Å². The van der Waals surface area contributed by atoms with Crippen LogP contribution in [0, 0.1) is 11.8 Å². The van der Waals surface area contributed by atoms with E-state index in [-0.39, 0.29) is 17.9 Å². The van der Waals surface area contributed by atoms with Gasteiger partial charge in [-0.15, -0.1) is 0 Å². The lowest BCUT2D eigenvalue weighted by molar-refractivity contribution is -0.131. The zero-order valence-electron chi connectivity index (χ0n) is 19.4. The van der Waals surface area contributed by atoms with E-state index < -0.39 is 0 Å². The molecule has 4 aliphatic rings. The van der Waals surface area contributed by atoms with Gasteiger partial charge < -0.3 is 19.7 Å². The summed E-state index contributed by atoms with van der Waals surface area (Å²) in [5.74, 6) is 2.14. The molecule has 6 rings (SSSR count). The number of carbonyl (C=O) groups excluding carboxylic acids is 1. The molecule has 4 aliphatic heterocycles. The van der Waals surface area contributed by atoms with E-state index in [1.807, 2.05) is 18.2 Å². The Labute approximate surface area is 206 Å². The molecule has 0 bridgehead atoms. The molecule has 34 heavy (non-hydrogen) atoms. The van der Waals surface area contributed by atoms with E-state index in [0.29, 0.717) is 25.2 Å². The molecule has 7 heteroatoms. The number of carbonyl (C=O) groups is 1. The molecule has 0 spiro atoms. The SMILES string of the molecule is O=C1NC(Cc2ccc3c(c2)OCCO3)C(N2CCCCC2)C2CN(c3ccc(Cl)cc3)CC12. The smallest absolute Gasteiger partial charge is 0.225 e. The van der Waals surface area contributed by atoms with Crippen molar-refractivity contribution in [3.8, 4) is 11.5 Å². The van der Waals surface area contributed by atoms with Crippen molar-refractivity contribution in [2.45, 2.75) is 37.8 Å². The average Bonchev–Trinajstić information content (AvgIpc) is 3.31. The fourth-order valence-electron chi connectivity index (χ4n) is 6.37. The maximum atomic E-state index is 13.3. The number of rotatable bonds is 4. The second-order valence-corrected chi connectivity index (χ2v) is 10.5. The number of fused-ring (bicyclic) bond motifs is 2. The van der Waals surface area contributed by atoms with Gasteiger partial charge in [0.2, 0.25) is 5.91 Å². The number of ether oxygens (including phenoxy) is 2. The Hall–Kier alpha value is -2.44. The molecule has 1 amide bonds. The lowest BCUT2D eigenvalue weighted by Gasteiger charge is -2.47. The van der Waals surface area contributed by atoms with E-state index in [1.165, 1.54) is 24.8 Å². The Morgan fingerprint density at radius 2 is 1.71 bits per heavy atom. The fourth-order valence-corrected chi connectivity index (χ4v) is 6.50. The largest absolute Gasteiger partial charge is 0.486 e. The predicted octanol–water partition coefficient (Wildman–Crippen LogP) is 3.76. The van der Waals surface area contributed by atoms with E-state index in [0.717, 1.165) is 54.8 Å². The molecule has 4 heterocycles. The van der Waals surface area contributed by atoms with E-state index in [2.05, 4.69) is 39.4 Å². The van der Waals surface area contributed by atoms with Gasteiger partial charge in [-0.25, -0.2) is 0 Å². The van der Waals surface area contributed by atoms with Crippen LogP contribution in [0.5, 0.6) is 11.5 Å². The Balaban J connectivity index is 1.28. The van der Waals surface area contributed by atoms with Gasteiger partial charge in [0.15, 0.2) is 11.5 Å². The zero-order chi connectivity index (χ0) is 23.1. The number of hydrogen-bond acceptors (Lipinski definition) is 5. The van der Waals surface area contributed by atoms with Gasteiger partial charge >= 0.3 is 0 Å². The van der Waals surface area contributed by atoms with Crippen LogP contribution < -0.4 is 19.7 Å². The number of hydrogen-bond donors (Lipinski definition) is 1. The zero-order valence-corrected chi connectivity index (χ0v) is 20.2. The second kappa shape index (κ2) is 9.31. The van der Waals surface area contributed by atoms with E-state index >= 15 is 0 Å². The highest BCUT2D eigenvalue weighted by molar-refractivity contribution is 6.30. The summed E-state index contributed by atoms with van der Waals surface area (Å²) in [4.78, 5) is 18.4. The van der Waals surface area contributed by atoms with Gasteiger partial charge in [0.05, 0.1) is 5.92 Å². The van der Waals surface area contributed by atoms with Gasteiger partial charge in [0.25, 0.3) is 0 Å². The number of piperidine rings is 2. The predicted molar refractivity (Wildman–Crippen MR) is 133 cm³/mol. The minimum atomic E-state index is 0.0131. The van der Waals surface area contributed by atoms with Gasteiger partial charge in [0, 0.05) is 41.8 Å². The monoisotopic (exact) mass is 481 g/mol. The molecular weight excluding hydrogens is 450 g/mol. The molecule has 0 aromatic heterocycles. The first-order chi connectivity index (χ1) is 16.7. The molecule has 0 aliphatic carbocycles. The highest BCUT2D eigenvalue weighted by Gasteiger charge is 2.50. The molecule has 4 unspecified atom stereocenters. The molecule has 2 aromatic rings. The summed E-state index contributed by atoms with van der Waals surface area (Å²) in [6, 6.07) is 14.6. The van der Waals surface area contributed by atoms with Crippen LogP contribution in [-0.4, -0.2) is 62.3 Å². The number of nitrogens with one attached hydrogen (secondary N) is 1. The van der Waals surface area contributed by atoms with Crippen molar-refractivity contribution in [3.05, 3.63) is 53.1 Å². The molecule has 3 fully saturated rings. The van der Waals surface area contributed by atoms with Crippen LogP contribution in [0.2, 0.25) is 5.02 Å². The standard InChI is InChI=1S/C27H32ClN3O3/c28-19-5-7-20(8-6-19)31-16-21-22(17-31)27(32)29-23(26(21)30-10-2-1-3-11-30)14-18-4-9-24-25(15-18)34-13-12-33-24/h4-9,15,21-23,26H,1-3,10-14,16-17H2,(H,29,32). The first-order valence-electron chi connectivity index (χ1n) is 12.6. The molecule has 6 nitrogen and oxygen atoms in total. The lowest BCUT2D eigenvalue weighted by atomic mass is 9.77. The molecule has 1 N–H and O–H groups in total. The fraction of sp³-hybridized carbons (Fsp3) is 0.519. The number of amides is 1. The summed E-state index contributed by atoms with van der Waals surface area (Å²) in [6.45, 7) is 5.06. The van der Waals surface area contributed by atoms with Crippen molar-refractivity contribution in [2.75, 3.05) is 44.3 Å². The van der Waals surface area contributed by atoms with Gasteiger partial charge in [-0.3, -0.25) is 9.69 Å². The quantitative estimate of drug-likeness (QED) is 0.720. The summed E-state index contributed by atoms with van der Waals surface area (Å²) in [5, 5.41) is 4.18. The minimum Gasteiger partial charge on any atom is -0.486 e. The second-order valence-electron chi connectivity index (χ2n) is 10.0. The first-order valence-corrected chi connectivity index (χ1v) is 13.0. The third-order valence-electron chi connectivity index (χ3n) is 7.95. The highest BCUT2D eigenvalue weighted by atomic mass is 35.5. The minimum absolute atomic E-state index is 0.0131. The van der Waals surface area contributed by atoms with Crippen molar-refractivity contribution in [3.63, 3.8) is 0 Å². The number of likely N-dealkylation sites (tertiary alicyclic amines) is 1. The number of benzene rings is 2. The average molecular weight is 482 g/mol. The summed E-state index contributed by atoms with van der Waals surface area (Å²) in [5.41, 5.74) is 2.33. The van der Waals surface area contributed by atoms with Gasteiger partial charge in [-0.2, -0.15) is 0 Å². The summed E-state index contributed by atoms with van der Waals surface area (Å²) in [6.07, 6.45) is 4.57. The van der Waals surface area contributed by atoms with Crippen LogP contribution >= 0.6 is 11.6 Å². The van der Waals surface area contributed by atoms with Gasteiger partial charge in [0.1, 0.15) is 13.2 Å². The molecule has 0 saturated carbocycles. The molecular formula is C27H32ClN3O3. The Morgan fingerprint density at radius 1 is 0.941 bits per heavy atom. The van der Waals surface area contributed by atoms with Gasteiger partial charge in [-0.05, 0) is 74.3 Å². The van der Waals surface area contributed by atoms with E-state index in [9.17, 15) is 4.79 Å². The van der Waals surface area contributed by atoms with Crippen LogP contribution in [0.1, 0.15) is 24.8 Å². The van der Waals surface area contributed by atoms with Crippen LogP contribution in [0.4, 0.5) is 5.69 Å². The highest BCUT2D eigenvalue weighted by Crippen LogP contribution is 2.39. The topological polar surface area (TPSA) is 54.0 Å². The molecule has 0 radical (unpaired) electrons. The number of halogens is 1. The lowest BCUT2D eigenvalue weighted by Crippen LogP contribution is -2.64. The van der Waals surface area contributed by atoms with E-state index in [4.69, 9.17) is 21.1 Å². The van der Waals surface area contributed by atoms with Crippen molar-refractivity contribution >= 4 is 23.2 Å². The Kier molecular flexibility index (Phi) is 6.04. The van der Waals surface area contributed by atoms with E-state index in [1.54, 1.807) is 0 Å².